The van der Waals surface area contributed by atoms with E-state index in [2.05, 4.69) is 0 Å². The molecule has 5 nitrogen and oxygen atoms in total. The second kappa shape index (κ2) is 7.28. The Balaban J connectivity index is 1.82. The third-order valence-electron chi connectivity index (χ3n) is 4.19. The van der Waals surface area contributed by atoms with E-state index in [1.807, 2.05) is 0 Å². The predicted molar refractivity (Wildman–Crippen MR) is 78.4 cm³/mol. The number of benzene rings is 1. The summed E-state index contributed by atoms with van der Waals surface area (Å²) in [5, 5.41) is 8.95. The molecular weight excluding hydrogens is 346 g/mol. The van der Waals surface area contributed by atoms with Gasteiger partial charge in [-0.1, -0.05) is 0 Å². The van der Waals surface area contributed by atoms with E-state index in [4.69, 9.17) is 9.84 Å². The fraction of sp³-hybridized carbons (Fsp3) is 0.500. The molecule has 0 radical (unpaired) electrons. The fourth-order valence-corrected chi connectivity index (χ4v) is 2.65. The highest BCUT2D eigenvalue weighted by atomic mass is 19.4. The zero-order chi connectivity index (χ0) is 18.7. The number of likely N-dealkylation sites (tertiary alicyclic amines) is 1. The summed E-state index contributed by atoms with van der Waals surface area (Å²) in [5.74, 6) is -2.51. The number of ether oxygens (including phenoxy) is 1. The number of alkyl halides is 3. The molecular formula is C16H17F4NO4. The lowest BCUT2D eigenvalue weighted by molar-refractivity contribution is -0.227. The molecule has 1 atom stereocenters. The minimum Gasteiger partial charge on any atom is -0.494 e. The molecule has 0 aromatic heterocycles. The van der Waals surface area contributed by atoms with Crippen LogP contribution in [0.5, 0.6) is 5.75 Å². The van der Waals surface area contributed by atoms with Crippen molar-refractivity contribution in [1.82, 2.24) is 4.90 Å². The molecule has 2 rings (SSSR count). The number of carbonyl (C=O) groups is 2. The molecule has 1 amide bonds. The number of halogens is 4. The maximum atomic E-state index is 13.1. The van der Waals surface area contributed by atoms with Crippen LogP contribution in [-0.2, 0) is 9.59 Å². The van der Waals surface area contributed by atoms with Gasteiger partial charge in [0.05, 0.1) is 6.61 Å². The first-order valence-electron chi connectivity index (χ1n) is 7.62. The Morgan fingerprint density at radius 2 is 1.88 bits per heavy atom. The Morgan fingerprint density at radius 3 is 2.40 bits per heavy atom. The lowest BCUT2D eigenvalue weighted by Gasteiger charge is -2.27. The van der Waals surface area contributed by atoms with E-state index in [0.717, 1.165) is 4.90 Å². The standard InChI is InChI=1S/C16H17F4NO4/c17-11-3-5-12(6-4-11)25-9-1-2-13(22)21-8-7-15(10-21,14(23)24)16(18,19)20/h3-6H,1-2,7-10H2,(H,23,24). The third kappa shape index (κ3) is 4.21. The van der Waals surface area contributed by atoms with Crippen LogP contribution in [0.4, 0.5) is 17.6 Å². The van der Waals surface area contributed by atoms with Crippen LogP contribution in [0, 0.1) is 11.2 Å². The summed E-state index contributed by atoms with van der Waals surface area (Å²) >= 11 is 0. The number of amides is 1. The van der Waals surface area contributed by atoms with Gasteiger partial charge in [-0.2, -0.15) is 13.2 Å². The Bertz CT molecular complexity index is 632. The zero-order valence-electron chi connectivity index (χ0n) is 13.2. The van der Waals surface area contributed by atoms with Gasteiger partial charge in [-0.05, 0) is 37.1 Å². The van der Waals surface area contributed by atoms with Crippen LogP contribution in [-0.4, -0.2) is 47.8 Å². The molecule has 1 saturated heterocycles. The van der Waals surface area contributed by atoms with Crippen LogP contribution in [0.15, 0.2) is 24.3 Å². The average Bonchev–Trinajstić information content (AvgIpc) is 3.00. The SMILES string of the molecule is O=C(CCCOc1ccc(F)cc1)N1CCC(C(=O)O)(C(F)(F)F)C1. The van der Waals surface area contributed by atoms with Crippen molar-refractivity contribution in [3.8, 4) is 5.75 Å². The van der Waals surface area contributed by atoms with Crippen LogP contribution in [0.2, 0.25) is 0 Å². The summed E-state index contributed by atoms with van der Waals surface area (Å²) in [4.78, 5) is 24.0. The number of rotatable bonds is 6. The lowest BCUT2D eigenvalue weighted by Crippen LogP contribution is -2.47. The summed E-state index contributed by atoms with van der Waals surface area (Å²) in [6.07, 6.45) is -5.38. The fourth-order valence-electron chi connectivity index (χ4n) is 2.65. The largest absolute Gasteiger partial charge is 0.494 e. The van der Waals surface area contributed by atoms with Crippen molar-refractivity contribution >= 4 is 11.9 Å². The van der Waals surface area contributed by atoms with Crippen LogP contribution in [0.1, 0.15) is 19.3 Å². The first-order valence-corrected chi connectivity index (χ1v) is 7.62. The van der Waals surface area contributed by atoms with Gasteiger partial charge in [0.15, 0.2) is 5.41 Å². The minimum absolute atomic E-state index is 0.0608. The van der Waals surface area contributed by atoms with Crippen LogP contribution >= 0.6 is 0 Å². The Hall–Kier alpha value is -2.32. The van der Waals surface area contributed by atoms with Crippen LogP contribution in [0.3, 0.4) is 0 Å². The van der Waals surface area contributed by atoms with E-state index in [1.54, 1.807) is 0 Å². The topological polar surface area (TPSA) is 66.8 Å². The number of hydrogen-bond acceptors (Lipinski definition) is 3. The number of aliphatic carboxylic acids is 1. The maximum Gasteiger partial charge on any atom is 0.406 e. The normalized spacial score (nSPS) is 20.6. The second-order valence-electron chi connectivity index (χ2n) is 5.86. The van der Waals surface area contributed by atoms with E-state index in [-0.39, 0.29) is 26.0 Å². The summed E-state index contributed by atoms with van der Waals surface area (Å²) in [5.41, 5.74) is -2.90. The van der Waals surface area contributed by atoms with E-state index < -0.39 is 42.3 Å². The Labute approximate surface area is 141 Å². The van der Waals surface area contributed by atoms with Crippen LogP contribution < -0.4 is 4.74 Å². The van der Waals surface area contributed by atoms with Gasteiger partial charge in [-0.25, -0.2) is 4.39 Å². The summed E-state index contributed by atoms with van der Waals surface area (Å²) in [6.45, 7) is -0.985. The Kier molecular flexibility index (Phi) is 5.54. The Morgan fingerprint density at radius 1 is 1.24 bits per heavy atom. The predicted octanol–water partition coefficient (Wildman–Crippen LogP) is 2.85. The summed E-state index contributed by atoms with van der Waals surface area (Å²) in [6, 6.07) is 5.27. The van der Waals surface area contributed by atoms with Crippen LogP contribution in [0.25, 0.3) is 0 Å². The number of carboxylic acids is 1. The molecule has 1 heterocycles. The monoisotopic (exact) mass is 363 g/mol. The highest BCUT2D eigenvalue weighted by Crippen LogP contribution is 2.45. The van der Waals surface area contributed by atoms with Gasteiger partial charge in [-0.3, -0.25) is 9.59 Å². The molecule has 9 heteroatoms. The van der Waals surface area contributed by atoms with Gasteiger partial charge in [0.1, 0.15) is 11.6 Å². The van der Waals surface area contributed by atoms with Crippen molar-refractivity contribution in [3.05, 3.63) is 30.1 Å². The molecule has 1 unspecified atom stereocenters. The third-order valence-corrected chi connectivity index (χ3v) is 4.19. The van der Waals surface area contributed by atoms with E-state index in [9.17, 15) is 27.2 Å². The number of carboxylic acid groups (broad SMARTS) is 1. The smallest absolute Gasteiger partial charge is 0.406 e. The molecule has 0 saturated carbocycles. The van der Waals surface area contributed by atoms with Gasteiger partial charge in [-0.15, -0.1) is 0 Å². The van der Waals surface area contributed by atoms with Crippen molar-refractivity contribution < 1.29 is 37.0 Å². The molecule has 0 spiro atoms. The van der Waals surface area contributed by atoms with Crippen molar-refractivity contribution in [2.45, 2.75) is 25.4 Å². The quantitative estimate of drug-likeness (QED) is 0.623. The zero-order valence-corrected chi connectivity index (χ0v) is 13.2. The molecule has 1 aromatic carbocycles. The maximum absolute atomic E-state index is 13.1. The lowest BCUT2D eigenvalue weighted by atomic mass is 9.86. The molecule has 138 valence electrons. The molecule has 0 aliphatic carbocycles. The molecule has 1 aliphatic rings. The van der Waals surface area contributed by atoms with Crippen molar-refractivity contribution in [3.63, 3.8) is 0 Å². The first-order chi connectivity index (χ1) is 11.7. The van der Waals surface area contributed by atoms with Crippen molar-refractivity contribution in [2.24, 2.45) is 5.41 Å². The van der Waals surface area contributed by atoms with E-state index in [0.29, 0.717) is 5.75 Å². The number of nitrogens with zero attached hydrogens (tertiary/aromatic N) is 1. The average molecular weight is 363 g/mol. The molecule has 1 aliphatic heterocycles. The van der Waals surface area contributed by atoms with Gasteiger partial charge < -0.3 is 14.7 Å². The summed E-state index contributed by atoms with van der Waals surface area (Å²) in [7, 11) is 0. The molecule has 1 aromatic rings. The first kappa shape index (κ1) is 19.0. The number of hydrogen-bond donors (Lipinski definition) is 1. The molecule has 0 bridgehead atoms. The highest BCUT2D eigenvalue weighted by molar-refractivity contribution is 5.81. The highest BCUT2D eigenvalue weighted by Gasteiger charge is 2.64. The second-order valence-corrected chi connectivity index (χ2v) is 5.86. The minimum atomic E-state index is -4.92. The molecule has 25 heavy (non-hydrogen) atoms. The van der Waals surface area contributed by atoms with Gasteiger partial charge >= 0.3 is 12.1 Å². The van der Waals surface area contributed by atoms with Crippen molar-refractivity contribution in [1.29, 1.82) is 0 Å². The van der Waals surface area contributed by atoms with Gasteiger partial charge in [0.25, 0.3) is 0 Å². The van der Waals surface area contributed by atoms with Gasteiger partial charge in [0, 0.05) is 19.5 Å². The van der Waals surface area contributed by atoms with Crippen molar-refractivity contribution in [2.75, 3.05) is 19.7 Å². The van der Waals surface area contributed by atoms with Gasteiger partial charge in [0.2, 0.25) is 5.91 Å². The van der Waals surface area contributed by atoms with E-state index in [1.165, 1.54) is 24.3 Å². The molecule has 1 N–H and O–H groups in total. The van der Waals surface area contributed by atoms with E-state index >= 15 is 0 Å². The molecule has 1 fully saturated rings. The number of carbonyl (C=O) groups excluding carboxylic acids is 1. The summed E-state index contributed by atoms with van der Waals surface area (Å²) < 4.78 is 57.2.